The molecule has 7 nitrogen and oxygen atoms in total. The maximum atomic E-state index is 5.98. The smallest absolute Gasteiger partial charge is 0.231 e. The Balaban J connectivity index is 1.44. The Morgan fingerprint density at radius 2 is 1.93 bits per heavy atom. The summed E-state index contributed by atoms with van der Waals surface area (Å²) in [7, 11) is 1.59. The third kappa shape index (κ3) is 3.27. The standard InChI is InChI=1S/C22H18N4O3/c1-27-22-16-13-19(29-18(16)9-11-23-22)17-14-24-20-7-8-21(25-26(17)20)28-12-10-15-5-3-2-4-6-15/h2-9,11,13-14H,10,12H2,1H3. The van der Waals surface area contributed by atoms with E-state index in [0.717, 1.165) is 17.5 Å². The predicted octanol–water partition coefficient (Wildman–Crippen LogP) is 4.17. The van der Waals surface area contributed by atoms with E-state index >= 15 is 0 Å². The van der Waals surface area contributed by atoms with Crippen LogP contribution in [0.25, 0.3) is 28.1 Å². The molecule has 0 aliphatic heterocycles. The zero-order chi connectivity index (χ0) is 19.6. The van der Waals surface area contributed by atoms with Crippen LogP contribution >= 0.6 is 0 Å². The highest BCUT2D eigenvalue weighted by atomic mass is 16.5. The quantitative estimate of drug-likeness (QED) is 0.436. The number of hydrogen-bond donors (Lipinski definition) is 0. The number of benzene rings is 1. The number of hydrogen-bond acceptors (Lipinski definition) is 6. The van der Waals surface area contributed by atoms with Gasteiger partial charge in [0.1, 0.15) is 11.3 Å². The topological polar surface area (TPSA) is 74.7 Å². The zero-order valence-electron chi connectivity index (χ0n) is 15.8. The van der Waals surface area contributed by atoms with Crippen molar-refractivity contribution in [2.24, 2.45) is 0 Å². The van der Waals surface area contributed by atoms with Gasteiger partial charge in [0.15, 0.2) is 11.4 Å². The molecule has 4 heterocycles. The second-order valence-corrected chi connectivity index (χ2v) is 6.51. The first-order chi connectivity index (χ1) is 14.3. The number of fused-ring (bicyclic) bond motifs is 2. The summed E-state index contributed by atoms with van der Waals surface area (Å²) < 4.78 is 18.9. The lowest BCUT2D eigenvalue weighted by molar-refractivity contribution is 0.304. The van der Waals surface area contributed by atoms with Gasteiger partial charge >= 0.3 is 0 Å². The highest BCUT2D eigenvalue weighted by Gasteiger charge is 2.15. The third-order valence-electron chi connectivity index (χ3n) is 4.68. The summed E-state index contributed by atoms with van der Waals surface area (Å²) in [4.78, 5) is 8.63. The molecule has 0 saturated carbocycles. The summed E-state index contributed by atoms with van der Waals surface area (Å²) in [5.41, 5.74) is 3.35. The van der Waals surface area contributed by atoms with Crippen molar-refractivity contribution in [2.45, 2.75) is 6.42 Å². The van der Waals surface area contributed by atoms with Crippen LogP contribution in [0.15, 0.2) is 71.4 Å². The number of imidazole rings is 1. The number of aromatic nitrogens is 4. The van der Waals surface area contributed by atoms with Crippen molar-refractivity contribution >= 4 is 16.6 Å². The van der Waals surface area contributed by atoms with E-state index in [1.54, 1.807) is 30.1 Å². The first kappa shape index (κ1) is 17.2. The lowest BCUT2D eigenvalue weighted by atomic mass is 10.2. The van der Waals surface area contributed by atoms with Crippen LogP contribution in [0.2, 0.25) is 0 Å². The number of ether oxygens (including phenoxy) is 2. The van der Waals surface area contributed by atoms with Crippen molar-refractivity contribution in [1.82, 2.24) is 19.6 Å². The minimum absolute atomic E-state index is 0.518. The van der Waals surface area contributed by atoms with Crippen molar-refractivity contribution in [2.75, 3.05) is 13.7 Å². The molecular formula is C22H18N4O3. The molecule has 0 bridgehead atoms. The molecule has 0 aliphatic rings. The Labute approximate surface area is 166 Å². The second-order valence-electron chi connectivity index (χ2n) is 6.51. The van der Waals surface area contributed by atoms with Gasteiger partial charge in [-0.1, -0.05) is 30.3 Å². The summed E-state index contributed by atoms with van der Waals surface area (Å²) in [5.74, 6) is 1.68. The molecule has 5 aromatic rings. The molecule has 144 valence electrons. The molecule has 0 aliphatic carbocycles. The van der Waals surface area contributed by atoms with Crippen LogP contribution in [0.4, 0.5) is 0 Å². The van der Waals surface area contributed by atoms with Gasteiger partial charge in [-0.15, -0.1) is 5.10 Å². The van der Waals surface area contributed by atoms with Gasteiger partial charge in [0.25, 0.3) is 0 Å². The molecule has 0 N–H and O–H groups in total. The van der Waals surface area contributed by atoms with E-state index in [9.17, 15) is 0 Å². The summed E-state index contributed by atoms with van der Waals surface area (Å²) >= 11 is 0. The van der Waals surface area contributed by atoms with E-state index in [2.05, 4.69) is 27.2 Å². The Morgan fingerprint density at radius 3 is 2.79 bits per heavy atom. The molecule has 7 heteroatoms. The average Bonchev–Trinajstić information content (AvgIpc) is 3.38. The summed E-state index contributed by atoms with van der Waals surface area (Å²) in [6.45, 7) is 0.542. The summed E-state index contributed by atoms with van der Waals surface area (Å²) in [5, 5.41) is 5.38. The van der Waals surface area contributed by atoms with Crippen molar-refractivity contribution in [3.63, 3.8) is 0 Å². The molecule has 5 rings (SSSR count). The van der Waals surface area contributed by atoms with Crippen molar-refractivity contribution < 1.29 is 13.9 Å². The van der Waals surface area contributed by atoms with Crippen molar-refractivity contribution in [3.8, 4) is 23.2 Å². The highest BCUT2D eigenvalue weighted by Crippen LogP contribution is 2.32. The fraction of sp³-hybridized carbons (Fsp3) is 0.136. The minimum atomic E-state index is 0.518. The molecule has 0 atom stereocenters. The first-order valence-electron chi connectivity index (χ1n) is 9.26. The van der Waals surface area contributed by atoms with Crippen molar-refractivity contribution in [1.29, 1.82) is 0 Å². The van der Waals surface area contributed by atoms with Crippen LogP contribution in [0, 0.1) is 0 Å². The maximum absolute atomic E-state index is 5.98. The number of pyridine rings is 1. The van der Waals surface area contributed by atoms with Gasteiger partial charge in [-0.2, -0.15) is 0 Å². The molecule has 0 saturated heterocycles. The van der Waals surface area contributed by atoms with Gasteiger partial charge < -0.3 is 13.9 Å². The average molecular weight is 386 g/mol. The number of rotatable bonds is 6. The van der Waals surface area contributed by atoms with Gasteiger partial charge in [0, 0.05) is 24.8 Å². The number of nitrogens with zero attached hydrogens (tertiary/aromatic N) is 4. The second kappa shape index (κ2) is 7.27. The van der Waals surface area contributed by atoms with E-state index in [-0.39, 0.29) is 0 Å². The minimum Gasteiger partial charge on any atom is -0.480 e. The lowest BCUT2D eigenvalue weighted by Gasteiger charge is -2.06. The molecule has 29 heavy (non-hydrogen) atoms. The summed E-state index contributed by atoms with van der Waals surface area (Å²) in [6, 6.07) is 17.6. The van der Waals surface area contributed by atoms with E-state index in [0.29, 0.717) is 35.4 Å². The van der Waals surface area contributed by atoms with Crippen molar-refractivity contribution in [3.05, 3.63) is 72.6 Å². The molecule has 0 radical (unpaired) electrons. The zero-order valence-corrected chi connectivity index (χ0v) is 15.8. The first-order valence-corrected chi connectivity index (χ1v) is 9.26. The van der Waals surface area contributed by atoms with E-state index < -0.39 is 0 Å². The Morgan fingerprint density at radius 1 is 1.03 bits per heavy atom. The fourth-order valence-corrected chi connectivity index (χ4v) is 3.25. The SMILES string of the molecule is COc1nccc2oc(-c3cnc4ccc(OCCc5ccccc5)nn34)cc12. The molecular weight excluding hydrogens is 368 g/mol. The van der Waals surface area contributed by atoms with Crippen LogP contribution in [-0.4, -0.2) is 33.3 Å². The molecule has 0 fully saturated rings. The van der Waals surface area contributed by atoms with Crippen LogP contribution in [-0.2, 0) is 6.42 Å². The lowest BCUT2D eigenvalue weighted by Crippen LogP contribution is -2.05. The predicted molar refractivity (Wildman–Crippen MR) is 108 cm³/mol. The fourth-order valence-electron chi connectivity index (χ4n) is 3.25. The maximum Gasteiger partial charge on any atom is 0.231 e. The van der Waals surface area contributed by atoms with Crippen LogP contribution in [0.5, 0.6) is 11.8 Å². The molecule has 4 aromatic heterocycles. The van der Waals surface area contributed by atoms with E-state index in [4.69, 9.17) is 13.9 Å². The van der Waals surface area contributed by atoms with Gasteiger partial charge in [0.05, 0.1) is 25.3 Å². The Kier molecular flexibility index (Phi) is 4.32. The normalized spacial score (nSPS) is 11.2. The molecule has 0 spiro atoms. The third-order valence-corrected chi connectivity index (χ3v) is 4.68. The monoisotopic (exact) mass is 386 g/mol. The van der Waals surface area contributed by atoms with Crippen LogP contribution < -0.4 is 9.47 Å². The van der Waals surface area contributed by atoms with E-state index in [1.165, 1.54) is 5.56 Å². The van der Waals surface area contributed by atoms with Crippen LogP contribution in [0.1, 0.15) is 5.56 Å². The number of methoxy groups -OCH3 is 1. The summed E-state index contributed by atoms with van der Waals surface area (Å²) in [6.07, 6.45) is 4.20. The van der Waals surface area contributed by atoms with Crippen LogP contribution in [0.3, 0.4) is 0 Å². The van der Waals surface area contributed by atoms with Gasteiger partial charge in [-0.25, -0.2) is 14.5 Å². The van der Waals surface area contributed by atoms with E-state index in [1.807, 2.05) is 36.4 Å². The van der Waals surface area contributed by atoms with Gasteiger partial charge in [0.2, 0.25) is 11.8 Å². The number of furan rings is 1. The molecule has 0 unspecified atom stereocenters. The van der Waals surface area contributed by atoms with Gasteiger partial charge in [-0.3, -0.25) is 0 Å². The van der Waals surface area contributed by atoms with Gasteiger partial charge in [-0.05, 0) is 17.7 Å². The molecule has 1 aromatic carbocycles. The largest absolute Gasteiger partial charge is 0.480 e. The molecule has 0 amide bonds. The highest BCUT2D eigenvalue weighted by molar-refractivity contribution is 5.86. The Hall–Kier alpha value is -3.87. The Bertz CT molecular complexity index is 1280.